The molecule has 0 saturated heterocycles. The zero-order valence-corrected chi connectivity index (χ0v) is 74.0. The van der Waals surface area contributed by atoms with Crippen LogP contribution in [-0.4, -0.2) is 80.1 Å². The number of para-hydroxylation sites is 5. The molecule has 0 aliphatic carbocycles. The fourth-order valence-corrected chi connectivity index (χ4v) is 12.0. The van der Waals surface area contributed by atoms with Crippen molar-refractivity contribution >= 4 is 11.8 Å². The second kappa shape index (κ2) is 41.9. The molecule has 0 spiro atoms. The van der Waals surface area contributed by atoms with Crippen molar-refractivity contribution in [3.8, 4) is 85.4 Å². The van der Waals surface area contributed by atoms with Gasteiger partial charge in [0.05, 0.1) is 29.1 Å². The van der Waals surface area contributed by atoms with Crippen LogP contribution in [0.25, 0.3) is 85.4 Å². The van der Waals surface area contributed by atoms with Crippen LogP contribution in [0.5, 0.6) is 0 Å². The average Bonchev–Trinajstić information content (AvgIpc) is 1.68. The molecule has 0 saturated carbocycles. The quantitative estimate of drug-likeness (QED) is 0.0616. The molecule has 0 unspecified atom stereocenters. The Bertz CT molecular complexity index is 5240. The number of hydrogen-bond acceptors (Lipinski definition) is 11. The van der Waals surface area contributed by atoms with Gasteiger partial charge in [0.1, 0.15) is 29.1 Å². The summed E-state index contributed by atoms with van der Waals surface area (Å²) in [6, 6.07) is 80.7. The van der Waals surface area contributed by atoms with Gasteiger partial charge in [-0.3, -0.25) is 17.6 Å². The van der Waals surface area contributed by atoms with E-state index in [2.05, 4.69) is 195 Å². The molecule has 0 aliphatic rings. The summed E-state index contributed by atoms with van der Waals surface area (Å²) in [7, 11) is 0. The van der Waals surface area contributed by atoms with E-state index in [9.17, 15) is 17.6 Å². The van der Waals surface area contributed by atoms with E-state index in [1.807, 2.05) is 138 Å². The van der Waals surface area contributed by atoms with E-state index in [1.54, 1.807) is 36.0 Å². The van der Waals surface area contributed by atoms with E-state index in [1.165, 1.54) is 53.4 Å². The molecule has 5 heterocycles. The number of rotatable bonds is 13. The van der Waals surface area contributed by atoms with E-state index < -0.39 is 0 Å². The van der Waals surface area contributed by atoms with Gasteiger partial charge in [0.15, 0.2) is 0 Å². The Morgan fingerprint density at radius 2 is 0.596 bits per heavy atom. The van der Waals surface area contributed by atoms with E-state index >= 15 is 0 Å². The van der Waals surface area contributed by atoms with Crippen LogP contribution in [0.2, 0.25) is 0 Å². The van der Waals surface area contributed by atoms with Gasteiger partial charge in [-0.25, -0.2) is 0 Å². The van der Waals surface area contributed by atoms with Gasteiger partial charge in [-0.15, -0.1) is 186 Å². The smallest absolute Gasteiger partial charge is 0.131 e. The van der Waals surface area contributed by atoms with Crippen LogP contribution in [0.4, 0.5) is 17.6 Å². The average molecular weight is 2360 g/mol. The van der Waals surface area contributed by atoms with Gasteiger partial charge in [0.2, 0.25) is 0 Å². The summed E-state index contributed by atoms with van der Waals surface area (Å²) >= 11 is 1.71. The third-order valence-electron chi connectivity index (χ3n) is 16.6. The first-order chi connectivity index (χ1) is 50.3. The first-order valence-electron chi connectivity index (χ1n) is 33.5. The van der Waals surface area contributed by atoms with Crippen LogP contribution >= 0.6 is 11.8 Å². The third kappa shape index (κ3) is 21.6. The van der Waals surface area contributed by atoms with Crippen molar-refractivity contribution in [3.05, 3.63) is 323 Å². The summed E-state index contributed by atoms with van der Waals surface area (Å²) in [5.74, 6) is 6.90. The monoisotopic (exact) mass is 2370 g/mol. The molecule has 25 heteroatoms. The maximum Gasteiger partial charge on any atom is 0.131 e. The summed E-state index contributed by atoms with van der Waals surface area (Å²) in [5, 5.41) is 42.5. The van der Waals surface area contributed by atoms with Gasteiger partial charge < -0.3 is 22.8 Å². The van der Waals surface area contributed by atoms with E-state index in [0.717, 1.165) is 108 Å². The molecule has 15 aromatic rings. The zero-order chi connectivity index (χ0) is 73.6. The normalized spacial score (nSPS) is 10.4. The fourth-order valence-electron chi connectivity index (χ4n) is 11.6. The van der Waals surface area contributed by atoms with Crippen LogP contribution < -0.4 is 0 Å². The van der Waals surface area contributed by atoms with Gasteiger partial charge in [-0.2, -0.15) is 25.5 Å². The number of aromatic nitrogens is 15. The molecule has 0 N–H and O–H groups in total. The van der Waals surface area contributed by atoms with Gasteiger partial charge in [-0.05, 0) is 113 Å². The first kappa shape index (κ1) is 89.1. The Kier molecular flexibility index (Phi) is 34.2. The van der Waals surface area contributed by atoms with Crippen molar-refractivity contribution in [2.75, 3.05) is 6.26 Å². The van der Waals surface area contributed by atoms with Gasteiger partial charge in [0.25, 0.3) is 0 Å². The molecule has 0 atom stereocenters. The van der Waals surface area contributed by atoms with Crippen LogP contribution in [0.1, 0.15) is 90.9 Å². The largest absolute Gasteiger partial charge is 0.320 e. The molecule has 10 aromatic carbocycles. The van der Waals surface area contributed by atoms with Crippen LogP contribution in [0.3, 0.4) is 0 Å². The molecular weight excluding hydrogens is 2290 g/mol. The van der Waals surface area contributed by atoms with Crippen molar-refractivity contribution < 1.29 is 118 Å². The molecular formula is C84H74F4Ir5N15S-5. The van der Waals surface area contributed by atoms with Gasteiger partial charge in [0, 0.05) is 164 Å². The first-order valence-corrected chi connectivity index (χ1v) is 34.7. The van der Waals surface area contributed by atoms with Crippen molar-refractivity contribution in [1.82, 2.24) is 73.8 Å². The van der Waals surface area contributed by atoms with Crippen molar-refractivity contribution in [3.63, 3.8) is 0 Å². The van der Waals surface area contributed by atoms with Gasteiger partial charge in [-0.1, -0.05) is 124 Å². The molecule has 5 radical (unpaired) electrons. The molecule has 0 fully saturated rings. The standard InChI is InChI=1S/C19H19FN3.2C17H15FN3.C16H14N3S.C15H11FN3.5Ir/c1-12(2)18-21-22-19(15-8-10-16(20)11-9-15)23(18)17-13(3)6-5-7-14(17)4;1-11-5-4-6-12(2)16(11)21-13(3)19-20-17(21)14-7-9-15(18)10-8-14;1-12(2)16-19-20-17(13-8-10-14(18)11-9-13)21(16)15-6-4-3-5-7-15;1-12-17-18-16(13-7-6-10-15(11-13)20-2)19(12)14-8-4-3-5-9-14;1-11-17-18-15(12-7-9-13(16)10-8-12)19(11)14-5-3-2-4-6-14;;;;;/h5-8,10-12H,1-4H3;4-7,9-10H,1-3H3;3-8,10-12H,1-2H3;3-6,8-11H,1-2H3;2-7,9-10H,1H3;;;;;/q5*-1;;;;;. The summed E-state index contributed by atoms with van der Waals surface area (Å²) in [6.45, 7) is 22.3. The second-order valence-electron chi connectivity index (χ2n) is 24.8. The van der Waals surface area contributed by atoms with Crippen molar-refractivity contribution in [2.24, 2.45) is 0 Å². The second-order valence-corrected chi connectivity index (χ2v) is 25.7. The molecule has 0 bridgehead atoms. The molecule has 15 rings (SSSR count). The van der Waals surface area contributed by atoms with E-state index in [4.69, 9.17) is 0 Å². The summed E-state index contributed by atoms with van der Waals surface area (Å²) in [4.78, 5) is 1.19. The minimum atomic E-state index is -0.314. The fraction of sp³-hybridized carbons (Fsp3) is 0.167. The summed E-state index contributed by atoms with van der Waals surface area (Å²) in [6.07, 6.45) is 2.06. The predicted octanol–water partition coefficient (Wildman–Crippen LogP) is 19.3. The number of nitrogens with zero attached hydrogens (tertiary/aromatic N) is 15. The Labute approximate surface area is 705 Å². The number of benzene rings is 10. The maximum atomic E-state index is 13.2. The van der Waals surface area contributed by atoms with Crippen LogP contribution in [0.15, 0.2) is 223 Å². The number of hydrogen-bond donors (Lipinski definition) is 0. The predicted molar refractivity (Wildman–Crippen MR) is 401 cm³/mol. The van der Waals surface area contributed by atoms with Crippen LogP contribution in [0, 0.1) is 102 Å². The Balaban J connectivity index is 0.000000211. The van der Waals surface area contributed by atoms with Crippen molar-refractivity contribution in [2.45, 2.75) is 92.9 Å². The molecule has 569 valence electrons. The Morgan fingerprint density at radius 1 is 0.303 bits per heavy atom. The van der Waals surface area contributed by atoms with Crippen molar-refractivity contribution in [1.29, 1.82) is 0 Å². The minimum Gasteiger partial charge on any atom is -0.320 e. The molecule has 15 nitrogen and oxygen atoms in total. The minimum absolute atomic E-state index is 0. The Morgan fingerprint density at radius 3 is 0.936 bits per heavy atom. The zero-order valence-electron chi connectivity index (χ0n) is 61.2. The van der Waals surface area contributed by atoms with Gasteiger partial charge >= 0.3 is 0 Å². The van der Waals surface area contributed by atoms with Crippen LogP contribution in [-0.2, 0) is 101 Å². The molecule has 0 aliphatic heterocycles. The summed E-state index contributed by atoms with van der Waals surface area (Å²) < 4.78 is 62.4. The topological polar surface area (TPSA) is 154 Å². The number of aryl methyl sites for hydroxylation is 7. The van der Waals surface area contributed by atoms with E-state index in [-0.39, 0.29) is 136 Å². The maximum absolute atomic E-state index is 13.2. The Hall–Kier alpha value is -8.78. The SMILES string of the molecule is CC(C)c1nnc(-c2[c-]cc(F)cc2)n1-c1ccccc1.CSc1cc[c-]c(-c2nnc(C)n2-c2ccccc2)c1.Cc1cccc(C)c1-n1c(-c2[c-]cc(F)cc2)nnc1C(C)C.Cc1cccc(C)c1-n1c(C)nnc1-c1[c-]cc(F)cc1.Cc1nnc(-c2[c-]cc(F)cc2)n1-c1ccccc1.[Ir].[Ir].[Ir].[Ir].[Ir]. The third-order valence-corrected chi connectivity index (χ3v) is 17.3. The summed E-state index contributed by atoms with van der Waals surface area (Å²) in [5.41, 5.74) is 13.6. The molecule has 0 amide bonds. The van der Waals surface area contributed by atoms with E-state index in [0.29, 0.717) is 28.9 Å². The number of thioether (sulfide) groups is 1. The molecule has 109 heavy (non-hydrogen) atoms. The molecule has 5 aromatic heterocycles. The number of halogens is 4.